The van der Waals surface area contributed by atoms with Crippen molar-refractivity contribution in [1.29, 1.82) is 0 Å². The van der Waals surface area contributed by atoms with Crippen molar-refractivity contribution in [1.82, 2.24) is 9.62 Å². The molecule has 0 radical (unpaired) electrons. The van der Waals surface area contributed by atoms with E-state index in [0.717, 1.165) is 19.3 Å². The predicted molar refractivity (Wildman–Crippen MR) is 108 cm³/mol. The van der Waals surface area contributed by atoms with Gasteiger partial charge in [0.25, 0.3) is 5.91 Å². The molecule has 0 unspecified atom stereocenters. The summed E-state index contributed by atoms with van der Waals surface area (Å²) in [6.45, 7) is 2.01. The molecule has 1 N–H and O–H groups in total. The number of rotatable bonds is 8. The van der Waals surface area contributed by atoms with E-state index in [1.54, 1.807) is 12.1 Å². The van der Waals surface area contributed by atoms with Crippen LogP contribution in [0.4, 0.5) is 0 Å². The molecule has 2 aromatic carbocycles. The molecule has 0 aliphatic carbocycles. The molecule has 1 amide bonds. The molecule has 3 rings (SSSR count). The topological polar surface area (TPSA) is 75.7 Å². The third-order valence-electron chi connectivity index (χ3n) is 4.72. The van der Waals surface area contributed by atoms with Crippen molar-refractivity contribution in [3.63, 3.8) is 0 Å². The molecule has 6 nitrogen and oxygen atoms in total. The van der Waals surface area contributed by atoms with Gasteiger partial charge in [-0.25, -0.2) is 8.42 Å². The van der Waals surface area contributed by atoms with E-state index in [4.69, 9.17) is 4.74 Å². The Balaban J connectivity index is 1.52. The lowest BCUT2D eigenvalue weighted by atomic mass is 10.1. The van der Waals surface area contributed by atoms with Gasteiger partial charge in [-0.3, -0.25) is 4.79 Å². The standard InChI is InChI=1S/C21H26N2O4S/c24-21(22-12-5-4-9-18-7-2-1-3-8-18)19-10-6-11-20(17-19)28(25,26)23-13-15-27-16-14-23/h1-3,6-8,10-11,17H,4-5,9,12-16H2,(H,22,24). The van der Waals surface area contributed by atoms with E-state index >= 15 is 0 Å². The summed E-state index contributed by atoms with van der Waals surface area (Å²) in [6.07, 6.45) is 2.83. The number of amides is 1. The third-order valence-corrected chi connectivity index (χ3v) is 6.62. The first kappa shape index (κ1) is 20.5. The molecule has 28 heavy (non-hydrogen) atoms. The van der Waals surface area contributed by atoms with Crippen LogP contribution < -0.4 is 5.32 Å². The number of nitrogens with zero attached hydrogens (tertiary/aromatic N) is 1. The van der Waals surface area contributed by atoms with Crippen LogP contribution in [0.2, 0.25) is 0 Å². The first-order chi connectivity index (χ1) is 13.6. The quantitative estimate of drug-likeness (QED) is 0.688. The predicted octanol–water partition coefficient (Wildman–Crippen LogP) is 2.46. The summed E-state index contributed by atoms with van der Waals surface area (Å²) in [6, 6.07) is 16.5. The van der Waals surface area contributed by atoms with Crippen molar-refractivity contribution in [3.8, 4) is 0 Å². The molecule has 2 aromatic rings. The van der Waals surface area contributed by atoms with Gasteiger partial charge in [-0.05, 0) is 43.0 Å². The highest BCUT2D eigenvalue weighted by Gasteiger charge is 2.26. The van der Waals surface area contributed by atoms with Gasteiger partial charge in [0.2, 0.25) is 10.0 Å². The summed E-state index contributed by atoms with van der Waals surface area (Å²) >= 11 is 0. The number of aryl methyl sites for hydroxylation is 1. The van der Waals surface area contributed by atoms with E-state index in [1.807, 2.05) is 18.2 Å². The van der Waals surface area contributed by atoms with Crippen LogP contribution in [0.3, 0.4) is 0 Å². The second-order valence-electron chi connectivity index (χ2n) is 6.74. The maximum absolute atomic E-state index is 12.7. The van der Waals surface area contributed by atoms with Crippen molar-refractivity contribution in [2.75, 3.05) is 32.8 Å². The zero-order valence-electron chi connectivity index (χ0n) is 15.8. The first-order valence-electron chi connectivity index (χ1n) is 9.57. The molecule has 0 saturated carbocycles. The van der Waals surface area contributed by atoms with Gasteiger partial charge in [0.05, 0.1) is 18.1 Å². The number of carbonyl (C=O) groups is 1. The lowest BCUT2D eigenvalue weighted by molar-refractivity contribution is 0.0730. The first-order valence-corrected chi connectivity index (χ1v) is 11.0. The number of morpholine rings is 1. The van der Waals surface area contributed by atoms with Crippen molar-refractivity contribution in [3.05, 3.63) is 65.7 Å². The Hall–Kier alpha value is -2.22. The highest BCUT2D eigenvalue weighted by Crippen LogP contribution is 2.18. The maximum atomic E-state index is 12.7. The molecule has 0 atom stereocenters. The molecule has 1 aliphatic rings. The molecule has 7 heteroatoms. The van der Waals surface area contributed by atoms with Crippen LogP contribution in [0.1, 0.15) is 28.8 Å². The zero-order chi connectivity index (χ0) is 19.8. The minimum atomic E-state index is -3.60. The fourth-order valence-corrected chi connectivity index (χ4v) is 4.59. The molecular weight excluding hydrogens is 376 g/mol. The molecule has 1 fully saturated rings. The number of hydrogen-bond donors (Lipinski definition) is 1. The average Bonchev–Trinajstić information content (AvgIpc) is 2.75. The molecule has 1 aliphatic heterocycles. The van der Waals surface area contributed by atoms with E-state index in [-0.39, 0.29) is 10.8 Å². The van der Waals surface area contributed by atoms with Crippen molar-refractivity contribution >= 4 is 15.9 Å². The number of ether oxygens (including phenoxy) is 1. The number of unbranched alkanes of at least 4 members (excludes halogenated alkanes) is 1. The SMILES string of the molecule is O=C(NCCCCc1ccccc1)c1cccc(S(=O)(=O)N2CCOCC2)c1. The lowest BCUT2D eigenvalue weighted by Crippen LogP contribution is -2.40. The van der Waals surface area contributed by atoms with Crippen LogP contribution in [0.25, 0.3) is 0 Å². The van der Waals surface area contributed by atoms with Gasteiger partial charge in [-0.15, -0.1) is 0 Å². The Morgan fingerprint density at radius 1 is 1.00 bits per heavy atom. The Bertz CT molecular complexity index is 878. The molecule has 150 valence electrons. The van der Waals surface area contributed by atoms with Gasteiger partial charge >= 0.3 is 0 Å². The molecule has 0 spiro atoms. The van der Waals surface area contributed by atoms with Gasteiger partial charge in [0.15, 0.2) is 0 Å². The molecule has 1 heterocycles. The van der Waals surface area contributed by atoms with E-state index in [2.05, 4.69) is 17.4 Å². The molecule has 0 bridgehead atoms. The van der Waals surface area contributed by atoms with E-state index in [1.165, 1.54) is 22.0 Å². The highest BCUT2D eigenvalue weighted by molar-refractivity contribution is 7.89. The fraction of sp³-hybridized carbons (Fsp3) is 0.381. The summed E-state index contributed by atoms with van der Waals surface area (Å²) in [5.41, 5.74) is 1.65. The third kappa shape index (κ3) is 5.41. The number of benzene rings is 2. The minimum Gasteiger partial charge on any atom is -0.379 e. The Labute approximate surface area is 166 Å². The zero-order valence-corrected chi connectivity index (χ0v) is 16.7. The van der Waals surface area contributed by atoms with Gasteiger partial charge in [-0.1, -0.05) is 36.4 Å². The summed E-state index contributed by atoms with van der Waals surface area (Å²) in [5.74, 6) is -0.251. The van der Waals surface area contributed by atoms with Crippen LogP contribution in [0, 0.1) is 0 Å². The molecule has 1 saturated heterocycles. The highest BCUT2D eigenvalue weighted by atomic mass is 32.2. The number of hydrogen-bond acceptors (Lipinski definition) is 4. The van der Waals surface area contributed by atoms with Crippen molar-refractivity contribution < 1.29 is 17.9 Å². The summed E-state index contributed by atoms with van der Waals surface area (Å²) in [4.78, 5) is 12.5. The fourth-order valence-electron chi connectivity index (χ4n) is 3.14. The second-order valence-corrected chi connectivity index (χ2v) is 8.68. The maximum Gasteiger partial charge on any atom is 0.251 e. The Morgan fingerprint density at radius 2 is 1.75 bits per heavy atom. The summed E-state index contributed by atoms with van der Waals surface area (Å²) in [7, 11) is -3.60. The smallest absolute Gasteiger partial charge is 0.251 e. The van der Waals surface area contributed by atoms with Gasteiger partial charge < -0.3 is 10.1 Å². The van der Waals surface area contributed by atoms with E-state index in [0.29, 0.717) is 38.4 Å². The monoisotopic (exact) mass is 402 g/mol. The van der Waals surface area contributed by atoms with Gasteiger partial charge in [0.1, 0.15) is 0 Å². The van der Waals surface area contributed by atoms with Crippen molar-refractivity contribution in [2.24, 2.45) is 0 Å². The Morgan fingerprint density at radius 3 is 2.50 bits per heavy atom. The van der Waals surface area contributed by atoms with Crippen molar-refractivity contribution in [2.45, 2.75) is 24.2 Å². The Kier molecular flexibility index (Phi) is 7.19. The van der Waals surface area contributed by atoms with Crippen LogP contribution >= 0.6 is 0 Å². The number of carbonyl (C=O) groups excluding carboxylic acids is 1. The summed E-state index contributed by atoms with van der Waals surface area (Å²) in [5, 5.41) is 2.88. The normalized spacial score (nSPS) is 15.3. The molecular formula is C21H26N2O4S. The van der Waals surface area contributed by atoms with Crippen LogP contribution in [0.5, 0.6) is 0 Å². The largest absolute Gasteiger partial charge is 0.379 e. The van der Waals surface area contributed by atoms with Crippen LogP contribution in [0.15, 0.2) is 59.5 Å². The average molecular weight is 403 g/mol. The van der Waals surface area contributed by atoms with Crippen LogP contribution in [-0.2, 0) is 21.2 Å². The van der Waals surface area contributed by atoms with E-state index < -0.39 is 10.0 Å². The number of sulfonamides is 1. The van der Waals surface area contributed by atoms with Crippen LogP contribution in [-0.4, -0.2) is 51.5 Å². The number of nitrogens with one attached hydrogen (secondary N) is 1. The minimum absolute atomic E-state index is 0.145. The lowest BCUT2D eigenvalue weighted by Gasteiger charge is -2.26. The second kappa shape index (κ2) is 9.82. The van der Waals surface area contributed by atoms with Gasteiger partial charge in [-0.2, -0.15) is 4.31 Å². The van der Waals surface area contributed by atoms with E-state index in [9.17, 15) is 13.2 Å². The van der Waals surface area contributed by atoms with Gasteiger partial charge in [0, 0.05) is 25.2 Å². The summed E-state index contributed by atoms with van der Waals surface area (Å²) < 4.78 is 32.1. The molecule has 0 aromatic heterocycles.